The second-order valence-electron chi connectivity index (χ2n) is 9.78. The lowest BCUT2D eigenvalue weighted by atomic mass is 9.69. The van der Waals surface area contributed by atoms with Gasteiger partial charge in [0.15, 0.2) is 0 Å². The molecule has 0 spiro atoms. The molecule has 2 heterocycles. The molecular formula is C30H33NO4. The second-order valence-corrected chi connectivity index (χ2v) is 9.78. The van der Waals surface area contributed by atoms with Crippen LogP contribution in [-0.4, -0.2) is 29.6 Å². The smallest absolute Gasteiger partial charge is 0.238 e. The summed E-state index contributed by atoms with van der Waals surface area (Å²) in [6.45, 7) is 4.77. The van der Waals surface area contributed by atoms with Crippen molar-refractivity contribution in [2.24, 2.45) is 17.8 Å². The number of phenols is 1. The molecule has 5 heteroatoms. The third-order valence-electron chi connectivity index (χ3n) is 7.93. The fourth-order valence-electron chi connectivity index (χ4n) is 6.14. The minimum atomic E-state index is -0.333. The lowest BCUT2D eigenvalue weighted by molar-refractivity contribution is -0.122. The molecule has 35 heavy (non-hydrogen) atoms. The van der Waals surface area contributed by atoms with Gasteiger partial charge < -0.3 is 9.84 Å². The molecule has 5 rings (SSSR count). The lowest BCUT2D eigenvalue weighted by Gasteiger charge is -2.31. The molecule has 0 saturated carbocycles. The van der Waals surface area contributed by atoms with Gasteiger partial charge in [-0.15, -0.1) is 0 Å². The number of aromatic hydroxyl groups is 1. The first-order chi connectivity index (χ1) is 17.0. The Labute approximate surface area is 207 Å². The van der Waals surface area contributed by atoms with E-state index < -0.39 is 0 Å². The molecule has 2 aliphatic heterocycles. The van der Waals surface area contributed by atoms with Gasteiger partial charge in [0.25, 0.3) is 0 Å². The summed E-state index contributed by atoms with van der Waals surface area (Å²) in [5.41, 5.74) is 5.31. The predicted octanol–water partition coefficient (Wildman–Crippen LogP) is 5.90. The number of hydrogen-bond donors (Lipinski definition) is 1. The lowest BCUT2D eigenvalue weighted by Crippen LogP contribution is -2.34. The van der Waals surface area contributed by atoms with Crippen LogP contribution in [0.2, 0.25) is 0 Å². The van der Waals surface area contributed by atoms with Crippen molar-refractivity contribution < 1.29 is 19.4 Å². The highest BCUT2D eigenvalue weighted by Gasteiger charge is 2.57. The van der Waals surface area contributed by atoms with Crippen molar-refractivity contribution in [2.45, 2.75) is 52.1 Å². The summed E-state index contributed by atoms with van der Waals surface area (Å²) < 4.78 is 6.32. The third-order valence-corrected chi connectivity index (χ3v) is 7.93. The Morgan fingerprint density at radius 2 is 1.77 bits per heavy atom. The number of imide groups is 1. The molecule has 182 valence electrons. The van der Waals surface area contributed by atoms with Gasteiger partial charge in [-0.1, -0.05) is 67.5 Å². The number of hydrogen-bond acceptors (Lipinski definition) is 4. The summed E-state index contributed by atoms with van der Waals surface area (Å²) in [4.78, 5) is 28.3. The molecule has 2 aromatic carbocycles. The summed E-state index contributed by atoms with van der Waals surface area (Å²) >= 11 is 0. The molecule has 0 bridgehead atoms. The van der Waals surface area contributed by atoms with Gasteiger partial charge in [0.05, 0.1) is 30.2 Å². The number of ether oxygens (including phenoxy) is 1. The number of anilines is 1. The summed E-state index contributed by atoms with van der Waals surface area (Å²) in [5.74, 6) is -0.509. The minimum Gasteiger partial charge on any atom is -0.507 e. The molecule has 2 saturated heterocycles. The molecule has 3 aliphatic rings. The van der Waals surface area contributed by atoms with Gasteiger partial charge in [0.1, 0.15) is 5.75 Å². The number of para-hydroxylation sites is 2. The van der Waals surface area contributed by atoms with Crippen molar-refractivity contribution in [3.8, 4) is 5.75 Å². The number of benzene rings is 2. The van der Waals surface area contributed by atoms with Gasteiger partial charge in [-0.3, -0.25) is 14.5 Å². The van der Waals surface area contributed by atoms with Crippen LogP contribution in [-0.2, 0) is 14.3 Å². The Bertz CT molecular complexity index is 1180. The van der Waals surface area contributed by atoms with E-state index in [0.29, 0.717) is 18.7 Å². The second kappa shape index (κ2) is 9.82. The number of rotatable bonds is 7. The van der Waals surface area contributed by atoms with Gasteiger partial charge >= 0.3 is 0 Å². The Kier molecular flexibility index (Phi) is 6.61. The van der Waals surface area contributed by atoms with Crippen LogP contribution in [0.15, 0.2) is 71.3 Å². The maximum Gasteiger partial charge on any atom is 0.238 e. The quantitative estimate of drug-likeness (QED) is 0.403. The van der Waals surface area contributed by atoms with Crippen LogP contribution in [0.3, 0.4) is 0 Å². The third kappa shape index (κ3) is 4.23. The van der Waals surface area contributed by atoms with E-state index in [1.807, 2.05) is 48.5 Å². The van der Waals surface area contributed by atoms with Crippen LogP contribution in [0.1, 0.15) is 51.5 Å². The van der Waals surface area contributed by atoms with Crippen molar-refractivity contribution >= 4 is 23.6 Å². The number of phenolic OH excluding ortho intramolecular Hbond substituents is 1. The molecule has 2 aromatic rings. The maximum atomic E-state index is 13.5. The van der Waals surface area contributed by atoms with E-state index in [1.165, 1.54) is 21.6 Å². The SMILES string of the molecule is CCC1=C2[C@@H](CC/C(=C/c3ccccc3O)CC)OC[C@@H]2[C@@H]2C(=O)N(c3ccccc3)C(=O)[C@@H]2C1. The Hall–Kier alpha value is -3.18. The van der Waals surface area contributed by atoms with Crippen molar-refractivity contribution in [3.63, 3.8) is 0 Å². The predicted molar refractivity (Wildman–Crippen MR) is 137 cm³/mol. The number of carbonyl (C=O) groups is 2. The van der Waals surface area contributed by atoms with Crippen molar-refractivity contribution in [3.05, 3.63) is 76.9 Å². The van der Waals surface area contributed by atoms with E-state index in [2.05, 4.69) is 19.9 Å². The van der Waals surface area contributed by atoms with Gasteiger partial charge in [-0.05, 0) is 55.9 Å². The zero-order valence-corrected chi connectivity index (χ0v) is 20.4. The topological polar surface area (TPSA) is 66.8 Å². The number of carbonyl (C=O) groups excluding carboxylic acids is 2. The Morgan fingerprint density at radius 1 is 1.03 bits per heavy atom. The first-order valence-electron chi connectivity index (χ1n) is 12.8. The van der Waals surface area contributed by atoms with Gasteiger partial charge in [0, 0.05) is 11.5 Å². The first kappa shape index (κ1) is 23.6. The highest BCUT2D eigenvalue weighted by atomic mass is 16.5. The summed E-state index contributed by atoms with van der Waals surface area (Å²) in [6, 6.07) is 16.7. The van der Waals surface area contributed by atoms with Gasteiger partial charge in [-0.25, -0.2) is 0 Å². The van der Waals surface area contributed by atoms with Crippen molar-refractivity contribution in [1.82, 2.24) is 0 Å². The van der Waals surface area contributed by atoms with Crippen molar-refractivity contribution in [1.29, 1.82) is 0 Å². The first-order valence-corrected chi connectivity index (χ1v) is 12.8. The fourth-order valence-corrected chi connectivity index (χ4v) is 6.14. The van der Waals surface area contributed by atoms with E-state index in [-0.39, 0.29) is 41.4 Å². The van der Waals surface area contributed by atoms with Crippen LogP contribution in [0.25, 0.3) is 6.08 Å². The minimum absolute atomic E-state index is 0.0221. The molecule has 5 nitrogen and oxygen atoms in total. The van der Waals surface area contributed by atoms with E-state index >= 15 is 0 Å². The van der Waals surface area contributed by atoms with Crippen LogP contribution >= 0.6 is 0 Å². The molecule has 0 aromatic heterocycles. The standard InChI is InChI=1S/C30H33NO4/c1-3-19(16-21-10-8-9-13-25(21)32)14-15-26-27-20(4-2)17-23-28(24(27)18-35-26)30(34)31(29(23)33)22-11-6-5-7-12-22/h5-13,16,23-24,26,28,32H,3-4,14-15,17-18H2,1-2H3/b19-16+/t23-,24+,26-,28-/m1/s1. The van der Waals surface area contributed by atoms with E-state index in [4.69, 9.17) is 4.74 Å². The highest BCUT2D eigenvalue weighted by Crippen LogP contribution is 2.51. The normalized spacial score (nSPS) is 26.3. The van der Waals surface area contributed by atoms with E-state index in [9.17, 15) is 14.7 Å². The molecular weight excluding hydrogens is 438 g/mol. The summed E-state index contributed by atoms with van der Waals surface area (Å²) in [7, 11) is 0. The molecule has 0 radical (unpaired) electrons. The van der Waals surface area contributed by atoms with Crippen LogP contribution < -0.4 is 4.90 Å². The Morgan fingerprint density at radius 3 is 2.49 bits per heavy atom. The largest absolute Gasteiger partial charge is 0.507 e. The number of nitrogens with zero attached hydrogens (tertiary/aromatic N) is 1. The van der Waals surface area contributed by atoms with Crippen LogP contribution in [0.4, 0.5) is 5.69 Å². The maximum absolute atomic E-state index is 13.5. The zero-order chi connectivity index (χ0) is 24.5. The monoisotopic (exact) mass is 471 g/mol. The molecule has 0 unspecified atom stereocenters. The van der Waals surface area contributed by atoms with E-state index in [0.717, 1.165) is 31.2 Å². The fraction of sp³-hybridized carbons (Fsp3) is 0.400. The summed E-state index contributed by atoms with van der Waals surface area (Å²) in [6.07, 6.45) is 6.16. The van der Waals surface area contributed by atoms with Crippen molar-refractivity contribution in [2.75, 3.05) is 11.5 Å². The molecule has 1 N–H and O–H groups in total. The molecule has 1 aliphatic carbocycles. The van der Waals surface area contributed by atoms with Crippen LogP contribution in [0, 0.1) is 17.8 Å². The van der Waals surface area contributed by atoms with Gasteiger partial charge in [-0.2, -0.15) is 0 Å². The number of amides is 2. The van der Waals surface area contributed by atoms with E-state index in [1.54, 1.807) is 6.07 Å². The average molecular weight is 472 g/mol. The number of allylic oxidation sites excluding steroid dienone is 2. The number of fused-ring (bicyclic) bond motifs is 3. The molecule has 4 atom stereocenters. The average Bonchev–Trinajstić information content (AvgIpc) is 3.41. The molecule has 2 fully saturated rings. The summed E-state index contributed by atoms with van der Waals surface area (Å²) in [5, 5.41) is 10.2. The zero-order valence-electron chi connectivity index (χ0n) is 20.4. The van der Waals surface area contributed by atoms with Gasteiger partial charge in [0.2, 0.25) is 11.8 Å². The highest BCUT2D eigenvalue weighted by molar-refractivity contribution is 6.22. The Balaban J connectivity index is 1.37. The van der Waals surface area contributed by atoms with Crippen LogP contribution in [0.5, 0.6) is 5.75 Å². The molecule has 2 amide bonds.